The molecule has 0 aliphatic carbocycles. The summed E-state index contributed by atoms with van der Waals surface area (Å²) in [7, 11) is 0. The van der Waals surface area contributed by atoms with Crippen LogP contribution < -0.4 is 10.6 Å². The van der Waals surface area contributed by atoms with E-state index in [2.05, 4.69) is 16.6 Å². The maximum Gasteiger partial charge on any atom is 0.303 e. The SMILES string of the molecule is C#CCNC(=O)C(C)NCCC(C)(C)CCC(=O)O. The van der Waals surface area contributed by atoms with E-state index in [-0.39, 0.29) is 30.3 Å². The van der Waals surface area contributed by atoms with Crippen molar-refractivity contribution in [3.63, 3.8) is 0 Å². The summed E-state index contributed by atoms with van der Waals surface area (Å²) in [4.78, 5) is 22.1. The Bertz CT molecular complexity index is 345. The number of terminal acetylenes is 1. The van der Waals surface area contributed by atoms with Crippen molar-refractivity contribution in [2.24, 2.45) is 5.41 Å². The minimum Gasteiger partial charge on any atom is -0.481 e. The van der Waals surface area contributed by atoms with Crippen LogP contribution in [-0.4, -0.2) is 36.1 Å². The third-order valence-electron chi connectivity index (χ3n) is 3.03. The molecule has 108 valence electrons. The third kappa shape index (κ3) is 9.09. The summed E-state index contributed by atoms with van der Waals surface area (Å²) in [5.41, 5.74) is -0.0552. The van der Waals surface area contributed by atoms with E-state index in [0.717, 1.165) is 6.42 Å². The monoisotopic (exact) mass is 268 g/mol. The first-order chi connectivity index (χ1) is 8.78. The van der Waals surface area contributed by atoms with Crippen LogP contribution in [-0.2, 0) is 9.59 Å². The molecule has 1 atom stereocenters. The van der Waals surface area contributed by atoms with Crippen molar-refractivity contribution in [3.8, 4) is 12.3 Å². The largest absolute Gasteiger partial charge is 0.481 e. The predicted molar refractivity (Wildman–Crippen MR) is 74.6 cm³/mol. The minimum atomic E-state index is -0.775. The van der Waals surface area contributed by atoms with Gasteiger partial charge in [-0.15, -0.1) is 6.42 Å². The predicted octanol–water partition coefficient (Wildman–Crippen LogP) is 0.995. The molecule has 0 saturated carbocycles. The molecular weight excluding hydrogens is 244 g/mol. The van der Waals surface area contributed by atoms with Gasteiger partial charge < -0.3 is 15.7 Å². The lowest BCUT2D eigenvalue weighted by atomic mass is 9.84. The fraction of sp³-hybridized carbons (Fsp3) is 0.714. The number of hydrogen-bond donors (Lipinski definition) is 3. The lowest BCUT2D eigenvalue weighted by Gasteiger charge is -2.24. The fourth-order valence-corrected chi connectivity index (χ4v) is 1.58. The Labute approximate surface area is 115 Å². The molecule has 5 nitrogen and oxygen atoms in total. The van der Waals surface area contributed by atoms with E-state index in [1.807, 2.05) is 13.8 Å². The number of aliphatic carboxylic acids is 1. The molecule has 1 amide bonds. The van der Waals surface area contributed by atoms with Crippen molar-refractivity contribution in [1.82, 2.24) is 10.6 Å². The molecule has 5 heteroatoms. The molecule has 0 heterocycles. The summed E-state index contributed by atoms with van der Waals surface area (Å²) in [5.74, 6) is 1.45. The second kappa shape index (κ2) is 8.54. The zero-order chi connectivity index (χ0) is 14.9. The van der Waals surface area contributed by atoms with Crippen molar-refractivity contribution < 1.29 is 14.7 Å². The second-order valence-electron chi connectivity index (χ2n) is 5.41. The van der Waals surface area contributed by atoms with Crippen LogP contribution in [0.4, 0.5) is 0 Å². The molecule has 0 aromatic carbocycles. The summed E-state index contributed by atoms with van der Waals surface area (Å²) < 4.78 is 0. The first-order valence-electron chi connectivity index (χ1n) is 6.45. The molecule has 0 aromatic rings. The van der Waals surface area contributed by atoms with Gasteiger partial charge in [-0.3, -0.25) is 9.59 Å². The topological polar surface area (TPSA) is 78.4 Å². The minimum absolute atomic E-state index is 0.0552. The number of carboxylic acids is 1. The molecule has 19 heavy (non-hydrogen) atoms. The Morgan fingerprint density at radius 3 is 2.53 bits per heavy atom. The van der Waals surface area contributed by atoms with E-state index in [0.29, 0.717) is 13.0 Å². The van der Waals surface area contributed by atoms with E-state index in [1.54, 1.807) is 6.92 Å². The highest BCUT2D eigenvalue weighted by Crippen LogP contribution is 2.25. The molecule has 0 radical (unpaired) electrons. The zero-order valence-electron chi connectivity index (χ0n) is 12.0. The first-order valence-corrected chi connectivity index (χ1v) is 6.45. The van der Waals surface area contributed by atoms with Gasteiger partial charge in [-0.25, -0.2) is 0 Å². The Hall–Kier alpha value is -1.54. The maximum atomic E-state index is 11.5. The van der Waals surface area contributed by atoms with Crippen molar-refractivity contribution in [2.45, 2.75) is 46.1 Å². The molecule has 0 aromatic heterocycles. The molecule has 0 spiro atoms. The molecule has 3 N–H and O–H groups in total. The van der Waals surface area contributed by atoms with Gasteiger partial charge in [-0.05, 0) is 31.7 Å². The normalized spacial score (nSPS) is 12.5. The van der Waals surface area contributed by atoms with E-state index in [4.69, 9.17) is 11.5 Å². The van der Waals surface area contributed by atoms with Gasteiger partial charge in [0.1, 0.15) is 0 Å². The molecule has 0 bridgehead atoms. The van der Waals surface area contributed by atoms with Crippen LogP contribution >= 0.6 is 0 Å². The first kappa shape index (κ1) is 17.5. The van der Waals surface area contributed by atoms with Crippen molar-refractivity contribution >= 4 is 11.9 Å². The molecule has 0 aliphatic heterocycles. The van der Waals surface area contributed by atoms with Crippen molar-refractivity contribution in [3.05, 3.63) is 0 Å². The number of nitrogens with one attached hydrogen (secondary N) is 2. The average molecular weight is 268 g/mol. The van der Waals surface area contributed by atoms with Gasteiger partial charge in [-0.1, -0.05) is 19.8 Å². The lowest BCUT2D eigenvalue weighted by Crippen LogP contribution is -2.43. The number of hydrogen-bond acceptors (Lipinski definition) is 3. The molecule has 0 fully saturated rings. The van der Waals surface area contributed by atoms with Crippen molar-refractivity contribution in [1.29, 1.82) is 0 Å². The lowest BCUT2D eigenvalue weighted by molar-refractivity contribution is -0.137. The van der Waals surface area contributed by atoms with Gasteiger partial charge in [0, 0.05) is 6.42 Å². The summed E-state index contributed by atoms with van der Waals surface area (Å²) in [6.07, 6.45) is 6.67. The summed E-state index contributed by atoms with van der Waals surface area (Å²) in [5, 5.41) is 14.4. The van der Waals surface area contributed by atoms with Crippen LogP contribution in [0.5, 0.6) is 0 Å². The van der Waals surface area contributed by atoms with Gasteiger partial charge in [0.05, 0.1) is 12.6 Å². The summed E-state index contributed by atoms with van der Waals surface area (Å²) in [6.45, 7) is 6.73. The van der Waals surface area contributed by atoms with Crippen LogP contribution in [0.25, 0.3) is 0 Å². The number of carbonyl (C=O) groups excluding carboxylic acids is 1. The number of amides is 1. The zero-order valence-corrected chi connectivity index (χ0v) is 12.0. The highest BCUT2D eigenvalue weighted by Gasteiger charge is 2.20. The average Bonchev–Trinajstić information content (AvgIpc) is 2.33. The van der Waals surface area contributed by atoms with Crippen LogP contribution in [0.2, 0.25) is 0 Å². The third-order valence-corrected chi connectivity index (χ3v) is 3.03. The van der Waals surface area contributed by atoms with Gasteiger partial charge in [0.2, 0.25) is 5.91 Å². The molecular formula is C14H24N2O3. The smallest absolute Gasteiger partial charge is 0.303 e. The van der Waals surface area contributed by atoms with Crippen LogP contribution in [0, 0.1) is 17.8 Å². The van der Waals surface area contributed by atoms with E-state index >= 15 is 0 Å². The molecule has 0 rings (SSSR count). The van der Waals surface area contributed by atoms with E-state index in [1.165, 1.54) is 0 Å². The van der Waals surface area contributed by atoms with Gasteiger partial charge in [0.15, 0.2) is 0 Å². The van der Waals surface area contributed by atoms with E-state index in [9.17, 15) is 9.59 Å². The Morgan fingerprint density at radius 1 is 1.37 bits per heavy atom. The fourth-order valence-electron chi connectivity index (χ4n) is 1.58. The summed E-state index contributed by atoms with van der Waals surface area (Å²) >= 11 is 0. The van der Waals surface area contributed by atoms with Crippen molar-refractivity contribution in [2.75, 3.05) is 13.1 Å². The highest BCUT2D eigenvalue weighted by molar-refractivity contribution is 5.81. The van der Waals surface area contributed by atoms with Crippen LogP contribution in [0.1, 0.15) is 40.0 Å². The number of rotatable bonds is 9. The standard InChI is InChI=1S/C14H24N2O3/c1-5-9-16-13(19)11(2)15-10-8-14(3,4)7-6-12(17)18/h1,11,15H,6-10H2,2-4H3,(H,16,19)(H,17,18). The number of carbonyl (C=O) groups is 2. The van der Waals surface area contributed by atoms with Crippen LogP contribution in [0.3, 0.4) is 0 Å². The van der Waals surface area contributed by atoms with Gasteiger partial charge in [0.25, 0.3) is 0 Å². The second-order valence-corrected chi connectivity index (χ2v) is 5.41. The molecule has 1 unspecified atom stereocenters. The maximum absolute atomic E-state index is 11.5. The van der Waals surface area contributed by atoms with Gasteiger partial charge in [-0.2, -0.15) is 0 Å². The van der Waals surface area contributed by atoms with Gasteiger partial charge >= 0.3 is 5.97 Å². The van der Waals surface area contributed by atoms with Crippen LogP contribution in [0.15, 0.2) is 0 Å². The highest BCUT2D eigenvalue weighted by atomic mass is 16.4. The Morgan fingerprint density at radius 2 is 2.00 bits per heavy atom. The number of carboxylic acid groups (broad SMARTS) is 1. The quantitative estimate of drug-likeness (QED) is 0.545. The molecule has 0 saturated heterocycles. The molecule has 0 aliphatic rings. The Balaban J connectivity index is 3.91. The summed E-state index contributed by atoms with van der Waals surface area (Å²) in [6, 6.07) is -0.302. The Kier molecular flexibility index (Phi) is 7.85. The van der Waals surface area contributed by atoms with E-state index < -0.39 is 5.97 Å².